The smallest absolute Gasteiger partial charge is 0.381 e. The second kappa shape index (κ2) is 6.90. The van der Waals surface area contributed by atoms with Crippen LogP contribution in [0.1, 0.15) is 5.56 Å². The second-order valence-electron chi connectivity index (χ2n) is 5.40. The summed E-state index contributed by atoms with van der Waals surface area (Å²) in [6.45, 7) is 0. The molecule has 0 aliphatic carbocycles. The van der Waals surface area contributed by atoms with Crippen LogP contribution in [-0.2, 0) is 14.9 Å². The highest BCUT2D eigenvalue weighted by molar-refractivity contribution is 8.27. The van der Waals surface area contributed by atoms with Crippen LogP contribution in [0.3, 0.4) is 0 Å². The van der Waals surface area contributed by atoms with E-state index in [1.807, 2.05) is 0 Å². The van der Waals surface area contributed by atoms with Crippen molar-refractivity contribution < 1.29 is 30.6 Å². The lowest BCUT2D eigenvalue weighted by molar-refractivity contribution is -0.114. The van der Waals surface area contributed by atoms with Crippen molar-refractivity contribution in [2.75, 3.05) is 6.26 Å². The van der Waals surface area contributed by atoms with E-state index in [4.69, 9.17) is 17.0 Å². The normalized spacial score (nSPS) is 18.9. The molecular weight excluding hydrogens is 445 g/mol. The molecule has 0 aromatic heterocycles. The molecule has 3 rings (SSSR count). The number of amidine groups is 2. The molecule has 0 saturated carbocycles. The highest BCUT2D eigenvalue weighted by Gasteiger charge is 2.46. The summed E-state index contributed by atoms with van der Waals surface area (Å²) in [5, 5.41) is 10.2. The number of benzene rings is 1. The molecule has 8 nitrogen and oxygen atoms in total. The van der Waals surface area contributed by atoms with Gasteiger partial charge in [-0.3, -0.25) is 10.2 Å². The number of fused-ring (bicyclic) bond motifs is 1. The first kappa shape index (κ1) is 20.4. The Morgan fingerprint density at radius 3 is 2.61 bits per heavy atom. The number of hydrogen-bond acceptors (Lipinski definition) is 7. The van der Waals surface area contributed by atoms with Crippen molar-refractivity contribution in [3.05, 3.63) is 34.4 Å². The van der Waals surface area contributed by atoms with Gasteiger partial charge in [0.2, 0.25) is 10.2 Å². The first-order chi connectivity index (χ1) is 12.8. The lowest BCUT2D eigenvalue weighted by Gasteiger charge is -2.20. The second-order valence-corrected chi connectivity index (χ2v) is 8.34. The van der Waals surface area contributed by atoms with Crippen LogP contribution in [0.15, 0.2) is 33.9 Å². The Morgan fingerprint density at radius 1 is 1.36 bits per heavy atom. The SMILES string of the molecule is CS(=O)(=O)Oc1ccc(/C=C2/C(=N)N3N=C(C(F)(F)F)SC3=NC2=O)cc1Cl. The van der Waals surface area contributed by atoms with Crippen LogP contribution in [0.2, 0.25) is 5.02 Å². The molecule has 2 aliphatic rings. The van der Waals surface area contributed by atoms with Crippen LogP contribution in [0, 0.1) is 5.41 Å². The zero-order valence-corrected chi connectivity index (χ0v) is 16.0. The van der Waals surface area contributed by atoms with Crippen LogP contribution in [0.5, 0.6) is 5.75 Å². The minimum atomic E-state index is -4.74. The molecule has 0 saturated heterocycles. The molecule has 1 aromatic rings. The zero-order valence-electron chi connectivity index (χ0n) is 13.6. The number of amides is 1. The number of thioether (sulfide) groups is 1. The number of aliphatic imine (C=N–C) groups is 1. The quantitative estimate of drug-likeness (QED) is 0.557. The molecule has 1 amide bonds. The molecule has 1 aromatic carbocycles. The standard InChI is InChI=1S/C14H8ClF3N4O4S2/c1-28(24,25)26-9-3-2-6(5-8(9)15)4-7-10(19)22-13(20-11(7)23)27-12(21-22)14(16,17)18/h2-5,19H,1H3/b7-4-,19-10?. The minimum Gasteiger partial charge on any atom is -0.381 e. The molecule has 28 heavy (non-hydrogen) atoms. The van der Waals surface area contributed by atoms with Gasteiger partial charge in [0, 0.05) is 0 Å². The maximum atomic E-state index is 12.8. The largest absolute Gasteiger partial charge is 0.441 e. The highest BCUT2D eigenvalue weighted by atomic mass is 35.5. The molecule has 0 atom stereocenters. The number of carbonyl (C=O) groups is 1. The van der Waals surface area contributed by atoms with E-state index >= 15 is 0 Å². The van der Waals surface area contributed by atoms with Gasteiger partial charge in [-0.25, -0.2) is 0 Å². The Bertz CT molecular complexity index is 1100. The molecule has 0 radical (unpaired) electrons. The third-order valence-corrected chi connectivity index (χ3v) is 4.94. The predicted molar refractivity (Wildman–Crippen MR) is 98.0 cm³/mol. The molecule has 148 valence electrons. The number of alkyl halides is 3. The van der Waals surface area contributed by atoms with Crippen LogP contribution in [0.25, 0.3) is 6.08 Å². The number of carbonyl (C=O) groups excluding carboxylic acids is 1. The fourth-order valence-electron chi connectivity index (χ4n) is 2.11. The maximum absolute atomic E-state index is 12.8. The molecule has 0 fully saturated rings. The number of hydrazone groups is 1. The summed E-state index contributed by atoms with van der Waals surface area (Å²) < 4.78 is 65.4. The van der Waals surface area contributed by atoms with Crippen molar-refractivity contribution in [2.45, 2.75) is 6.18 Å². The fraction of sp³-hybridized carbons (Fsp3) is 0.143. The van der Waals surface area contributed by atoms with E-state index in [1.165, 1.54) is 24.3 Å². The lowest BCUT2D eigenvalue weighted by Crippen LogP contribution is -2.35. The van der Waals surface area contributed by atoms with Crippen LogP contribution < -0.4 is 4.18 Å². The molecule has 1 N–H and O–H groups in total. The van der Waals surface area contributed by atoms with Crippen molar-refractivity contribution >= 4 is 61.5 Å². The lowest BCUT2D eigenvalue weighted by atomic mass is 10.1. The summed E-state index contributed by atoms with van der Waals surface area (Å²) in [7, 11) is -3.81. The molecule has 0 unspecified atom stereocenters. The van der Waals surface area contributed by atoms with Gasteiger partial charge in [-0.05, 0) is 35.5 Å². The summed E-state index contributed by atoms with van der Waals surface area (Å²) in [5.74, 6) is -1.66. The Balaban J connectivity index is 1.94. The average Bonchev–Trinajstić information content (AvgIpc) is 2.97. The molecule has 14 heteroatoms. The molecule has 0 spiro atoms. The van der Waals surface area contributed by atoms with Gasteiger partial charge in [-0.1, -0.05) is 17.7 Å². The van der Waals surface area contributed by atoms with E-state index in [9.17, 15) is 26.4 Å². The third-order valence-electron chi connectivity index (χ3n) is 3.21. The van der Waals surface area contributed by atoms with Crippen molar-refractivity contribution in [1.82, 2.24) is 5.01 Å². The first-order valence-corrected chi connectivity index (χ1v) is 10.1. The predicted octanol–water partition coefficient (Wildman–Crippen LogP) is 2.86. The van der Waals surface area contributed by atoms with E-state index in [1.54, 1.807) is 0 Å². The van der Waals surface area contributed by atoms with Crippen molar-refractivity contribution in [2.24, 2.45) is 10.1 Å². The van der Waals surface area contributed by atoms with Gasteiger partial charge < -0.3 is 4.18 Å². The molecule has 2 heterocycles. The number of halogens is 4. The summed E-state index contributed by atoms with van der Waals surface area (Å²) in [6.07, 6.45) is -2.73. The highest BCUT2D eigenvalue weighted by Crippen LogP contribution is 2.35. The number of rotatable bonds is 3. The Kier molecular flexibility index (Phi) is 5.02. The first-order valence-electron chi connectivity index (χ1n) is 7.11. The maximum Gasteiger partial charge on any atom is 0.441 e. The Hall–Kier alpha value is -2.38. The van der Waals surface area contributed by atoms with Crippen molar-refractivity contribution in [3.8, 4) is 5.75 Å². The van der Waals surface area contributed by atoms with E-state index in [0.29, 0.717) is 5.01 Å². The zero-order chi connectivity index (χ0) is 20.9. The summed E-state index contributed by atoms with van der Waals surface area (Å²) >= 11 is 6.08. The number of nitrogens with zero attached hydrogens (tertiary/aromatic N) is 3. The Morgan fingerprint density at radius 2 is 2.04 bits per heavy atom. The van der Waals surface area contributed by atoms with Crippen LogP contribution in [0.4, 0.5) is 13.2 Å². The molecular formula is C14H8ClF3N4O4S2. The van der Waals surface area contributed by atoms with E-state index in [0.717, 1.165) is 6.26 Å². The van der Waals surface area contributed by atoms with Gasteiger partial charge in [0.15, 0.2) is 11.6 Å². The summed E-state index contributed by atoms with van der Waals surface area (Å²) in [6, 6.07) is 3.84. The number of hydrogen-bond donors (Lipinski definition) is 1. The average molecular weight is 453 g/mol. The van der Waals surface area contributed by atoms with E-state index in [-0.39, 0.29) is 38.8 Å². The molecule has 0 bridgehead atoms. The van der Waals surface area contributed by atoms with Crippen LogP contribution in [-0.4, -0.2) is 47.8 Å². The van der Waals surface area contributed by atoms with Gasteiger partial charge in [-0.15, -0.1) is 0 Å². The van der Waals surface area contributed by atoms with E-state index in [2.05, 4.69) is 14.3 Å². The van der Waals surface area contributed by atoms with Gasteiger partial charge >= 0.3 is 16.3 Å². The minimum absolute atomic E-state index is 0.0899. The molecule has 2 aliphatic heterocycles. The van der Waals surface area contributed by atoms with Gasteiger partial charge in [-0.2, -0.15) is 36.7 Å². The Labute approximate surface area is 165 Å². The summed E-state index contributed by atoms with van der Waals surface area (Å²) in [5.41, 5.74) is -0.0474. The van der Waals surface area contributed by atoms with Crippen LogP contribution >= 0.6 is 23.4 Å². The topological polar surface area (TPSA) is 112 Å². The monoisotopic (exact) mass is 452 g/mol. The van der Waals surface area contributed by atoms with Crippen molar-refractivity contribution in [1.29, 1.82) is 5.41 Å². The summed E-state index contributed by atoms with van der Waals surface area (Å²) in [4.78, 5) is 15.7. The third kappa shape index (κ3) is 4.20. The number of nitrogens with one attached hydrogen (secondary N) is 1. The van der Waals surface area contributed by atoms with E-state index < -0.39 is 33.1 Å². The fourth-order valence-corrected chi connectivity index (χ4v) is 3.61. The van der Waals surface area contributed by atoms with Gasteiger partial charge in [0.05, 0.1) is 16.9 Å². The van der Waals surface area contributed by atoms with Crippen molar-refractivity contribution in [3.63, 3.8) is 0 Å². The van der Waals surface area contributed by atoms with Gasteiger partial charge in [0.1, 0.15) is 0 Å². The van der Waals surface area contributed by atoms with Gasteiger partial charge in [0.25, 0.3) is 5.91 Å².